The summed E-state index contributed by atoms with van der Waals surface area (Å²) in [7, 11) is 1.63. The van der Waals surface area contributed by atoms with Crippen LogP contribution in [0.5, 0.6) is 5.75 Å². The van der Waals surface area contributed by atoms with Crippen LogP contribution in [0.25, 0.3) is 22.0 Å². The van der Waals surface area contributed by atoms with Crippen LogP contribution in [0.15, 0.2) is 77.0 Å². The molecule has 0 radical (unpaired) electrons. The number of ether oxygens (including phenoxy) is 1. The number of thiazole rings is 1. The smallest absolute Gasteiger partial charge is 0.236 e. The Labute approximate surface area is 171 Å². The van der Waals surface area contributed by atoms with Crippen molar-refractivity contribution in [3.63, 3.8) is 0 Å². The molecule has 1 heterocycles. The number of nitrogens with zero attached hydrogens (tertiary/aromatic N) is 1. The third-order valence-corrected chi connectivity index (χ3v) is 5.99. The van der Waals surface area contributed by atoms with Gasteiger partial charge in [-0.2, -0.15) is 0 Å². The molecule has 0 aliphatic heterocycles. The molecule has 0 bridgehead atoms. The minimum atomic E-state index is -0.0692. The van der Waals surface area contributed by atoms with Crippen molar-refractivity contribution in [1.29, 1.82) is 0 Å². The predicted molar refractivity (Wildman–Crippen MR) is 117 cm³/mol. The molecule has 4 rings (SSSR count). The molecule has 0 aliphatic rings. The molecule has 1 amide bonds. The van der Waals surface area contributed by atoms with Gasteiger partial charge in [0.15, 0.2) is 5.13 Å². The lowest BCUT2D eigenvalue weighted by Crippen LogP contribution is -2.13. The minimum absolute atomic E-state index is 0.0692. The minimum Gasteiger partial charge on any atom is -0.497 e. The van der Waals surface area contributed by atoms with Crippen molar-refractivity contribution >= 4 is 44.9 Å². The van der Waals surface area contributed by atoms with Crippen LogP contribution in [-0.4, -0.2) is 23.8 Å². The first-order valence-electron chi connectivity index (χ1n) is 8.73. The first-order chi connectivity index (χ1) is 13.7. The Hall–Kier alpha value is -2.83. The number of amides is 1. The lowest BCUT2D eigenvalue weighted by Gasteiger charge is -2.04. The molecule has 0 spiro atoms. The van der Waals surface area contributed by atoms with E-state index in [2.05, 4.69) is 40.6 Å². The van der Waals surface area contributed by atoms with Crippen LogP contribution in [0, 0.1) is 0 Å². The molecule has 0 atom stereocenters. The number of rotatable bonds is 6. The number of fused-ring (bicyclic) bond motifs is 1. The van der Waals surface area contributed by atoms with Crippen molar-refractivity contribution in [2.24, 2.45) is 0 Å². The summed E-state index contributed by atoms with van der Waals surface area (Å²) in [6.07, 6.45) is 0. The Morgan fingerprint density at radius 3 is 2.64 bits per heavy atom. The average molecular weight is 407 g/mol. The van der Waals surface area contributed by atoms with Crippen LogP contribution in [0.1, 0.15) is 0 Å². The third-order valence-electron chi connectivity index (χ3n) is 4.23. The molecule has 1 N–H and O–H groups in total. The van der Waals surface area contributed by atoms with Crippen LogP contribution < -0.4 is 10.1 Å². The highest BCUT2D eigenvalue weighted by Gasteiger charge is 2.09. The number of aromatic nitrogens is 1. The molecule has 4 nitrogen and oxygen atoms in total. The highest BCUT2D eigenvalue weighted by Crippen LogP contribution is 2.28. The molecule has 1 aromatic heterocycles. The van der Waals surface area contributed by atoms with Crippen LogP contribution in [-0.2, 0) is 4.79 Å². The average Bonchev–Trinajstić information content (AvgIpc) is 3.20. The monoisotopic (exact) mass is 406 g/mol. The molecule has 0 saturated heterocycles. The van der Waals surface area contributed by atoms with Gasteiger partial charge in [0.1, 0.15) is 5.75 Å². The van der Waals surface area contributed by atoms with Gasteiger partial charge in [0, 0.05) is 15.8 Å². The molecule has 6 heteroatoms. The van der Waals surface area contributed by atoms with Crippen LogP contribution in [0.4, 0.5) is 5.13 Å². The molecule has 0 aliphatic carbocycles. The Morgan fingerprint density at radius 2 is 1.86 bits per heavy atom. The summed E-state index contributed by atoms with van der Waals surface area (Å²) in [5.74, 6) is 1.06. The van der Waals surface area contributed by atoms with Gasteiger partial charge < -0.3 is 10.1 Å². The van der Waals surface area contributed by atoms with E-state index >= 15 is 0 Å². The fourth-order valence-corrected chi connectivity index (χ4v) is 4.22. The van der Waals surface area contributed by atoms with Gasteiger partial charge in [-0.3, -0.25) is 4.79 Å². The molecule has 4 aromatic rings. The van der Waals surface area contributed by atoms with Crippen LogP contribution >= 0.6 is 23.1 Å². The lowest BCUT2D eigenvalue weighted by atomic mass is 10.1. The van der Waals surface area contributed by atoms with Gasteiger partial charge in [-0.25, -0.2) is 4.98 Å². The summed E-state index contributed by atoms with van der Waals surface area (Å²) >= 11 is 2.92. The molecular formula is C22H18N2O2S2. The van der Waals surface area contributed by atoms with E-state index < -0.39 is 0 Å². The number of thioether (sulfide) groups is 1. The topological polar surface area (TPSA) is 51.2 Å². The normalized spacial score (nSPS) is 10.8. The summed E-state index contributed by atoms with van der Waals surface area (Å²) in [6.45, 7) is 0. The van der Waals surface area contributed by atoms with Crippen LogP contribution in [0.3, 0.4) is 0 Å². The molecular weight excluding hydrogens is 388 g/mol. The van der Waals surface area contributed by atoms with Gasteiger partial charge in [-0.05, 0) is 41.1 Å². The second-order valence-electron chi connectivity index (χ2n) is 6.11. The first-order valence-corrected chi connectivity index (χ1v) is 10.6. The van der Waals surface area contributed by atoms with Crippen molar-refractivity contribution in [2.75, 3.05) is 18.2 Å². The molecule has 0 unspecified atom stereocenters. The first kappa shape index (κ1) is 18.5. The molecule has 0 fully saturated rings. The standard InChI is InChI=1S/C22H18N2O2S2/c1-26-18-8-10-19(11-9-18)27-14-21(25)24-22-23-20(13-28-22)17-7-6-15-4-2-3-5-16(15)12-17/h2-13H,14H2,1H3,(H,23,24,25). The van der Waals surface area contributed by atoms with Gasteiger partial charge in [0.2, 0.25) is 5.91 Å². The fraction of sp³-hybridized carbons (Fsp3) is 0.0909. The van der Waals surface area contributed by atoms with E-state index in [-0.39, 0.29) is 5.91 Å². The Morgan fingerprint density at radius 1 is 1.07 bits per heavy atom. The summed E-state index contributed by atoms with van der Waals surface area (Å²) in [6, 6.07) is 22.2. The Balaban J connectivity index is 1.38. The molecule has 28 heavy (non-hydrogen) atoms. The fourth-order valence-electron chi connectivity index (χ4n) is 2.79. The maximum absolute atomic E-state index is 12.2. The number of hydrogen-bond donors (Lipinski definition) is 1. The van der Waals surface area contributed by atoms with E-state index in [1.807, 2.05) is 41.8 Å². The van der Waals surface area contributed by atoms with E-state index in [4.69, 9.17) is 4.74 Å². The van der Waals surface area contributed by atoms with Gasteiger partial charge >= 0.3 is 0 Å². The number of hydrogen-bond acceptors (Lipinski definition) is 5. The summed E-state index contributed by atoms with van der Waals surface area (Å²) in [4.78, 5) is 17.8. The zero-order valence-corrected chi connectivity index (χ0v) is 16.8. The van der Waals surface area contributed by atoms with Gasteiger partial charge in [0.25, 0.3) is 0 Å². The number of anilines is 1. The number of methoxy groups -OCH3 is 1. The van der Waals surface area contributed by atoms with E-state index in [9.17, 15) is 4.79 Å². The largest absolute Gasteiger partial charge is 0.497 e. The van der Waals surface area contributed by atoms with E-state index in [1.165, 1.54) is 33.9 Å². The van der Waals surface area contributed by atoms with Crippen molar-refractivity contribution in [3.05, 3.63) is 72.1 Å². The number of nitrogens with one attached hydrogen (secondary N) is 1. The highest BCUT2D eigenvalue weighted by atomic mass is 32.2. The second-order valence-corrected chi connectivity index (χ2v) is 8.02. The summed E-state index contributed by atoms with van der Waals surface area (Å²) in [5, 5.41) is 7.84. The van der Waals surface area contributed by atoms with Crippen LogP contribution in [0.2, 0.25) is 0 Å². The quantitative estimate of drug-likeness (QED) is 0.417. The highest BCUT2D eigenvalue weighted by molar-refractivity contribution is 8.00. The maximum atomic E-state index is 12.2. The van der Waals surface area contributed by atoms with Crippen molar-refractivity contribution in [3.8, 4) is 17.0 Å². The maximum Gasteiger partial charge on any atom is 0.236 e. The lowest BCUT2D eigenvalue weighted by molar-refractivity contribution is -0.113. The predicted octanol–water partition coefficient (Wildman–Crippen LogP) is 5.70. The van der Waals surface area contributed by atoms with E-state index in [1.54, 1.807) is 7.11 Å². The van der Waals surface area contributed by atoms with E-state index in [0.717, 1.165) is 21.9 Å². The molecule has 140 valence electrons. The van der Waals surface area contributed by atoms with Crippen molar-refractivity contribution < 1.29 is 9.53 Å². The zero-order valence-electron chi connectivity index (χ0n) is 15.2. The number of benzene rings is 3. The Kier molecular flexibility index (Phi) is 5.60. The number of carbonyl (C=O) groups is 1. The second kappa shape index (κ2) is 8.46. The van der Waals surface area contributed by atoms with Gasteiger partial charge in [-0.1, -0.05) is 36.4 Å². The van der Waals surface area contributed by atoms with Crippen molar-refractivity contribution in [1.82, 2.24) is 4.98 Å². The molecule has 0 saturated carbocycles. The number of carbonyl (C=O) groups excluding carboxylic acids is 1. The summed E-state index contributed by atoms with van der Waals surface area (Å²) in [5.41, 5.74) is 1.91. The Bertz CT molecular complexity index is 1110. The molecule has 3 aromatic carbocycles. The van der Waals surface area contributed by atoms with E-state index in [0.29, 0.717) is 10.9 Å². The van der Waals surface area contributed by atoms with Gasteiger partial charge in [-0.15, -0.1) is 23.1 Å². The summed E-state index contributed by atoms with van der Waals surface area (Å²) < 4.78 is 5.14. The zero-order chi connectivity index (χ0) is 19.3. The SMILES string of the molecule is COc1ccc(SCC(=O)Nc2nc(-c3ccc4ccccc4c3)cs2)cc1. The van der Waals surface area contributed by atoms with Crippen molar-refractivity contribution in [2.45, 2.75) is 4.90 Å². The van der Waals surface area contributed by atoms with Gasteiger partial charge in [0.05, 0.1) is 18.6 Å². The third kappa shape index (κ3) is 4.35.